The zero-order valence-electron chi connectivity index (χ0n) is 16.7. The van der Waals surface area contributed by atoms with Gasteiger partial charge in [0.2, 0.25) is 5.88 Å². The van der Waals surface area contributed by atoms with Gasteiger partial charge in [0.15, 0.2) is 0 Å². The Balaban J connectivity index is 1.42. The molecule has 1 aliphatic carbocycles. The highest BCUT2D eigenvalue weighted by molar-refractivity contribution is 6.03. The number of nitrogens with zero attached hydrogens (tertiary/aromatic N) is 2. The predicted molar refractivity (Wildman–Crippen MR) is 112 cm³/mol. The normalized spacial score (nSPS) is 19.4. The molecule has 1 atom stereocenters. The second-order valence-electron chi connectivity index (χ2n) is 7.48. The van der Waals surface area contributed by atoms with E-state index in [2.05, 4.69) is 21.3 Å². The van der Waals surface area contributed by atoms with Crippen molar-refractivity contribution in [2.75, 3.05) is 27.2 Å². The van der Waals surface area contributed by atoms with E-state index in [1.807, 2.05) is 56.6 Å². The van der Waals surface area contributed by atoms with Gasteiger partial charge >= 0.3 is 0 Å². The molecule has 0 spiro atoms. The molecule has 2 aromatic heterocycles. The summed E-state index contributed by atoms with van der Waals surface area (Å²) in [6, 6.07) is 7.55. The fraction of sp³-hybridized carbons (Fsp3) is 0.304. The molecule has 29 heavy (non-hydrogen) atoms. The van der Waals surface area contributed by atoms with E-state index in [0.717, 1.165) is 36.2 Å². The van der Waals surface area contributed by atoms with E-state index in [4.69, 9.17) is 9.15 Å². The number of pyridine rings is 1. The van der Waals surface area contributed by atoms with Crippen LogP contribution in [0.2, 0.25) is 0 Å². The zero-order valence-corrected chi connectivity index (χ0v) is 16.7. The van der Waals surface area contributed by atoms with Crippen molar-refractivity contribution < 1.29 is 13.9 Å². The molecule has 3 heterocycles. The van der Waals surface area contributed by atoms with Gasteiger partial charge in [-0.1, -0.05) is 12.2 Å². The van der Waals surface area contributed by atoms with Gasteiger partial charge in [-0.05, 0) is 57.3 Å². The van der Waals surface area contributed by atoms with E-state index in [9.17, 15) is 4.79 Å². The smallest absolute Gasteiger partial charge is 0.252 e. The summed E-state index contributed by atoms with van der Waals surface area (Å²) in [5.74, 6) is 2.01. The van der Waals surface area contributed by atoms with Crippen LogP contribution in [0.15, 0.2) is 64.4 Å². The zero-order chi connectivity index (χ0) is 20.2. The molecule has 2 aliphatic rings. The number of amides is 1. The van der Waals surface area contributed by atoms with Crippen molar-refractivity contribution in [1.82, 2.24) is 15.2 Å². The number of rotatable bonds is 7. The third-order valence-electron chi connectivity index (χ3n) is 5.00. The van der Waals surface area contributed by atoms with Gasteiger partial charge in [0.25, 0.3) is 5.91 Å². The Kier molecular flexibility index (Phi) is 5.62. The number of furan rings is 1. The van der Waals surface area contributed by atoms with Gasteiger partial charge in [0.05, 0.1) is 6.61 Å². The highest BCUT2D eigenvalue weighted by Gasteiger charge is 2.33. The van der Waals surface area contributed by atoms with Crippen LogP contribution in [-0.2, 0) is 4.79 Å². The van der Waals surface area contributed by atoms with Crippen molar-refractivity contribution in [3.05, 3.63) is 65.7 Å². The molecule has 0 aromatic carbocycles. The summed E-state index contributed by atoms with van der Waals surface area (Å²) in [5, 5.41) is 2.93. The van der Waals surface area contributed by atoms with Crippen LogP contribution < -0.4 is 10.1 Å². The Morgan fingerprint density at radius 2 is 2.21 bits per heavy atom. The van der Waals surface area contributed by atoms with Crippen LogP contribution in [0, 0.1) is 5.92 Å². The summed E-state index contributed by atoms with van der Waals surface area (Å²) < 4.78 is 11.6. The summed E-state index contributed by atoms with van der Waals surface area (Å²) in [6.07, 6.45) is 11.4. The molecule has 1 fully saturated rings. The SMILES string of the molecule is CN(C)CCCOc1ccc(-c2ccc(/C=C3/C(=O)NC4=CC=CCC43)o2)cn1. The molecular weight excluding hydrogens is 366 g/mol. The number of ether oxygens (including phenoxy) is 1. The average Bonchev–Trinajstić information content (AvgIpc) is 3.31. The quantitative estimate of drug-likeness (QED) is 0.576. The van der Waals surface area contributed by atoms with Crippen molar-refractivity contribution in [3.8, 4) is 17.2 Å². The van der Waals surface area contributed by atoms with Crippen molar-refractivity contribution in [2.24, 2.45) is 5.92 Å². The van der Waals surface area contributed by atoms with Crippen LogP contribution in [0.5, 0.6) is 5.88 Å². The van der Waals surface area contributed by atoms with E-state index < -0.39 is 0 Å². The highest BCUT2D eigenvalue weighted by Crippen LogP contribution is 2.34. The Hall–Kier alpha value is -3.12. The largest absolute Gasteiger partial charge is 0.478 e. The van der Waals surface area contributed by atoms with Crippen molar-refractivity contribution >= 4 is 12.0 Å². The van der Waals surface area contributed by atoms with Crippen molar-refractivity contribution in [3.63, 3.8) is 0 Å². The van der Waals surface area contributed by atoms with Crippen LogP contribution >= 0.6 is 0 Å². The van der Waals surface area contributed by atoms with E-state index in [1.54, 1.807) is 6.20 Å². The second-order valence-corrected chi connectivity index (χ2v) is 7.48. The van der Waals surface area contributed by atoms with E-state index in [1.165, 1.54) is 0 Å². The second kappa shape index (κ2) is 8.49. The topological polar surface area (TPSA) is 67.6 Å². The molecule has 1 aliphatic heterocycles. The molecule has 1 amide bonds. The standard InChI is InChI=1S/C23H25N3O3/c1-26(2)12-5-13-28-22-11-8-16(15-24-22)21-10-9-17(29-21)14-19-18-6-3-4-7-20(18)25-23(19)27/h3-4,7-11,14-15,18H,5-6,12-13H2,1-2H3,(H,25,27)/b19-14+. The fourth-order valence-corrected chi connectivity index (χ4v) is 3.49. The Morgan fingerprint density at radius 1 is 1.31 bits per heavy atom. The van der Waals surface area contributed by atoms with Gasteiger partial charge in [0.1, 0.15) is 11.5 Å². The number of allylic oxidation sites excluding steroid dienone is 4. The van der Waals surface area contributed by atoms with E-state index in [-0.39, 0.29) is 11.8 Å². The lowest BCUT2D eigenvalue weighted by Gasteiger charge is -2.11. The number of carbonyl (C=O) groups is 1. The molecule has 0 saturated carbocycles. The Morgan fingerprint density at radius 3 is 3.00 bits per heavy atom. The lowest BCUT2D eigenvalue weighted by molar-refractivity contribution is -0.115. The molecule has 4 rings (SSSR count). The molecule has 0 radical (unpaired) electrons. The van der Waals surface area contributed by atoms with Gasteiger partial charge in [-0.3, -0.25) is 4.79 Å². The molecular formula is C23H25N3O3. The number of nitrogens with one attached hydrogen (secondary N) is 1. The number of fused-ring (bicyclic) bond motifs is 1. The van der Waals surface area contributed by atoms with Gasteiger partial charge in [-0.25, -0.2) is 4.98 Å². The van der Waals surface area contributed by atoms with Crippen LogP contribution in [0.3, 0.4) is 0 Å². The monoisotopic (exact) mass is 391 g/mol. The number of aromatic nitrogens is 1. The van der Waals surface area contributed by atoms with Crippen LogP contribution in [-0.4, -0.2) is 43.0 Å². The average molecular weight is 391 g/mol. The Bertz CT molecular complexity index is 968. The summed E-state index contributed by atoms with van der Waals surface area (Å²) in [6.45, 7) is 1.62. The number of carbonyl (C=O) groups excluding carboxylic acids is 1. The lowest BCUT2D eigenvalue weighted by atomic mass is 9.92. The maximum absolute atomic E-state index is 12.3. The minimum absolute atomic E-state index is 0.0552. The van der Waals surface area contributed by atoms with Crippen LogP contribution in [0.25, 0.3) is 17.4 Å². The first kappa shape index (κ1) is 19.2. The minimum Gasteiger partial charge on any atom is -0.478 e. The summed E-state index contributed by atoms with van der Waals surface area (Å²) in [4.78, 5) is 18.8. The molecule has 1 unspecified atom stereocenters. The van der Waals surface area contributed by atoms with Gasteiger partial charge in [-0.15, -0.1) is 0 Å². The summed E-state index contributed by atoms with van der Waals surface area (Å²) in [5.41, 5.74) is 2.56. The first-order valence-corrected chi connectivity index (χ1v) is 9.83. The molecule has 1 saturated heterocycles. The van der Waals surface area contributed by atoms with Crippen LogP contribution in [0.1, 0.15) is 18.6 Å². The van der Waals surface area contributed by atoms with Crippen molar-refractivity contribution in [2.45, 2.75) is 12.8 Å². The summed E-state index contributed by atoms with van der Waals surface area (Å²) in [7, 11) is 4.09. The molecule has 0 bridgehead atoms. The minimum atomic E-state index is -0.0552. The molecule has 150 valence electrons. The van der Waals surface area contributed by atoms with Crippen LogP contribution in [0.4, 0.5) is 0 Å². The first-order chi connectivity index (χ1) is 14.1. The van der Waals surface area contributed by atoms with Gasteiger partial charge in [0, 0.05) is 41.6 Å². The van der Waals surface area contributed by atoms with Gasteiger partial charge < -0.3 is 19.4 Å². The molecule has 6 nitrogen and oxygen atoms in total. The third-order valence-corrected chi connectivity index (χ3v) is 5.00. The fourth-order valence-electron chi connectivity index (χ4n) is 3.49. The van der Waals surface area contributed by atoms with E-state index >= 15 is 0 Å². The number of hydrogen-bond donors (Lipinski definition) is 1. The lowest BCUT2D eigenvalue weighted by Crippen LogP contribution is -2.15. The predicted octanol–water partition coefficient (Wildman–Crippen LogP) is 3.65. The maximum Gasteiger partial charge on any atom is 0.252 e. The maximum atomic E-state index is 12.3. The van der Waals surface area contributed by atoms with Gasteiger partial charge in [-0.2, -0.15) is 0 Å². The Labute approximate surface area is 170 Å². The van der Waals surface area contributed by atoms with E-state index in [0.29, 0.717) is 24.0 Å². The molecule has 6 heteroatoms. The third kappa shape index (κ3) is 4.49. The molecule has 2 aromatic rings. The molecule has 1 N–H and O–H groups in total. The first-order valence-electron chi connectivity index (χ1n) is 9.83. The highest BCUT2D eigenvalue weighted by atomic mass is 16.5. The number of hydrogen-bond acceptors (Lipinski definition) is 5. The summed E-state index contributed by atoms with van der Waals surface area (Å²) >= 11 is 0. The van der Waals surface area contributed by atoms with Crippen molar-refractivity contribution in [1.29, 1.82) is 0 Å².